The lowest BCUT2D eigenvalue weighted by Gasteiger charge is -2.33. The van der Waals surface area contributed by atoms with E-state index in [1.54, 1.807) is 18.2 Å². The van der Waals surface area contributed by atoms with E-state index in [0.29, 0.717) is 22.3 Å². The number of carbonyl (C=O) groups excluding carboxylic acids is 1. The van der Waals surface area contributed by atoms with Crippen LogP contribution in [0.3, 0.4) is 0 Å². The number of hydrogen-bond acceptors (Lipinski definition) is 2. The highest BCUT2D eigenvalue weighted by molar-refractivity contribution is 6.31. The molecule has 4 heteroatoms. The van der Waals surface area contributed by atoms with Crippen LogP contribution >= 0.6 is 11.6 Å². The number of nitrogens with zero attached hydrogens (tertiary/aromatic N) is 1. The third-order valence-electron chi connectivity index (χ3n) is 4.10. The van der Waals surface area contributed by atoms with Crippen molar-refractivity contribution in [2.75, 3.05) is 12.8 Å². The van der Waals surface area contributed by atoms with Gasteiger partial charge in [0.25, 0.3) is 5.91 Å². The summed E-state index contributed by atoms with van der Waals surface area (Å²) in [5.74, 6) is 0.772. The zero-order valence-electron chi connectivity index (χ0n) is 11.5. The van der Waals surface area contributed by atoms with E-state index in [4.69, 9.17) is 17.3 Å². The molecule has 104 valence electrons. The molecule has 0 unspecified atom stereocenters. The molecule has 2 N–H and O–H groups in total. The number of anilines is 1. The van der Waals surface area contributed by atoms with Gasteiger partial charge in [-0.3, -0.25) is 4.79 Å². The SMILES string of the molecule is CC1CCC(N(C)C(=O)c2ccc(Cl)cc2N)CC1. The third kappa shape index (κ3) is 3.21. The van der Waals surface area contributed by atoms with Gasteiger partial charge >= 0.3 is 0 Å². The number of nitrogen functional groups attached to an aromatic ring is 1. The average molecular weight is 281 g/mol. The molecule has 0 heterocycles. The molecule has 0 radical (unpaired) electrons. The molecule has 1 saturated carbocycles. The van der Waals surface area contributed by atoms with Crippen LogP contribution in [0.1, 0.15) is 43.0 Å². The summed E-state index contributed by atoms with van der Waals surface area (Å²) in [4.78, 5) is 14.3. The van der Waals surface area contributed by atoms with Crippen LogP contribution in [0.4, 0.5) is 5.69 Å². The Morgan fingerprint density at radius 2 is 1.95 bits per heavy atom. The second-order valence-corrected chi connectivity index (χ2v) is 6.00. The minimum Gasteiger partial charge on any atom is -0.398 e. The fourth-order valence-electron chi connectivity index (χ4n) is 2.71. The van der Waals surface area contributed by atoms with E-state index in [0.717, 1.165) is 18.8 Å². The summed E-state index contributed by atoms with van der Waals surface area (Å²) in [6, 6.07) is 5.38. The first kappa shape index (κ1) is 14.2. The Bertz CT molecular complexity index is 467. The number of rotatable bonds is 2. The van der Waals surface area contributed by atoms with Gasteiger partial charge in [0.1, 0.15) is 0 Å². The molecule has 0 aliphatic heterocycles. The molecule has 1 aliphatic rings. The maximum absolute atomic E-state index is 12.5. The number of hydrogen-bond donors (Lipinski definition) is 1. The van der Waals surface area contributed by atoms with Crippen molar-refractivity contribution >= 4 is 23.2 Å². The molecule has 0 saturated heterocycles. The normalized spacial score (nSPS) is 23.1. The van der Waals surface area contributed by atoms with Crippen molar-refractivity contribution in [3.8, 4) is 0 Å². The lowest BCUT2D eigenvalue weighted by atomic mass is 9.86. The molecular weight excluding hydrogens is 260 g/mol. The molecule has 0 spiro atoms. The van der Waals surface area contributed by atoms with Crippen LogP contribution in [0.5, 0.6) is 0 Å². The van der Waals surface area contributed by atoms with Gasteiger partial charge < -0.3 is 10.6 Å². The predicted octanol–water partition coefficient (Wildman–Crippen LogP) is 3.57. The quantitative estimate of drug-likeness (QED) is 0.842. The zero-order valence-corrected chi connectivity index (χ0v) is 12.3. The number of amides is 1. The lowest BCUT2D eigenvalue weighted by molar-refractivity contribution is 0.0680. The van der Waals surface area contributed by atoms with E-state index >= 15 is 0 Å². The highest BCUT2D eigenvalue weighted by Gasteiger charge is 2.26. The van der Waals surface area contributed by atoms with Crippen LogP contribution in [0, 0.1) is 5.92 Å². The van der Waals surface area contributed by atoms with Gasteiger partial charge in [-0.05, 0) is 49.8 Å². The molecule has 0 bridgehead atoms. The minimum absolute atomic E-state index is 0.00582. The monoisotopic (exact) mass is 280 g/mol. The van der Waals surface area contributed by atoms with Gasteiger partial charge in [-0.2, -0.15) is 0 Å². The average Bonchev–Trinajstić information content (AvgIpc) is 2.38. The highest BCUT2D eigenvalue weighted by atomic mass is 35.5. The lowest BCUT2D eigenvalue weighted by Crippen LogP contribution is -2.39. The van der Waals surface area contributed by atoms with Crippen molar-refractivity contribution in [1.29, 1.82) is 0 Å². The number of nitrogens with two attached hydrogens (primary N) is 1. The predicted molar refractivity (Wildman–Crippen MR) is 79.4 cm³/mol. The van der Waals surface area contributed by atoms with E-state index in [-0.39, 0.29) is 5.91 Å². The Labute approximate surface area is 119 Å². The van der Waals surface area contributed by atoms with E-state index in [1.807, 2.05) is 11.9 Å². The first-order chi connectivity index (χ1) is 8.99. The van der Waals surface area contributed by atoms with Gasteiger partial charge in [0.15, 0.2) is 0 Å². The van der Waals surface area contributed by atoms with Gasteiger partial charge in [0.2, 0.25) is 0 Å². The standard InChI is InChI=1S/C15H21ClN2O/c1-10-3-6-12(7-4-10)18(2)15(19)13-8-5-11(16)9-14(13)17/h5,8-10,12H,3-4,6-7,17H2,1-2H3. The minimum atomic E-state index is -0.00582. The molecule has 1 fully saturated rings. The number of halogens is 1. The molecule has 0 aromatic heterocycles. The summed E-state index contributed by atoms with van der Waals surface area (Å²) >= 11 is 5.86. The van der Waals surface area contributed by atoms with Crippen molar-refractivity contribution in [2.45, 2.75) is 38.6 Å². The Hall–Kier alpha value is -1.22. The summed E-state index contributed by atoms with van der Waals surface area (Å²) in [6.45, 7) is 2.27. The molecule has 1 amide bonds. The van der Waals surface area contributed by atoms with Crippen LogP contribution in [0.15, 0.2) is 18.2 Å². The summed E-state index contributed by atoms with van der Waals surface area (Å²) in [5, 5.41) is 0.559. The zero-order chi connectivity index (χ0) is 14.0. The fraction of sp³-hybridized carbons (Fsp3) is 0.533. The summed E-state index contributed by atoms with van der Waals surface area (Å²) < 4.78 is 0. The molecule has 1 aromatic rings. The van der Waals surface area contributed by atoms with Gasteiger partial charge in [-0.25, -0.2) is 0 Å². The van der Waals surface area contributed by atoms with Crippen molar-refractivity contribution in [3.63, 3.8) is 0 Å². The molecule has 1 aromatic carbocycles. The van der Waals surface area contributed by atoms with Gasteiger partial charge in [-0.15, -0.1) is 0 Å². The molecular formula is C15H21ClN2O. The van der Waals surface area contributed by atoms with Gasteiger partial charge in [-0.1, -0.05) is 18.5 Å². The maximum atomic E-state index is 12.5. The Balaban J connectivity index is 2.10. The van der Waals surface area contributed by atoms with Crippen LogP contribution in [0.25, 0.3) is 0 Å². The van der Waals surface area contributed by atoms with Crippen LogP contribution in [-0.4, -0.2) is 23.9 Å². The van der Waals surface area contributed by atoms with Crippen LogP contribution in [0.2, 0.25) is 5.02 Å². The topological polar surface area (TPSA) is 46.3 Å². The second kappa shape index (κ2) is 5.83. The molecule has 0 atom stereocenters. The third-order valence-corrected chi connectivity index (χ3v) is 4.33. The maximum Gasteiger partial charge on any atom is 0.255 e. The van der Waals surface area contributed by atoms with Crippen molar-refractivity contribution in [1.82, 2.24) is 4.90 Å². The molecule has 1 aliphatic carbocycles. The summed E-state index contributed by atoms with van der Waals surface area (Å²) in [6.07, 6.45) is 4.55. The Kier molecular flexibility index (Phi) is 4.35. The summed E-state index contributed by atoms with van der Waals surface area (Å²) in [5.41, 5.74) is 6.88. The van der Waals surface area contributed by atoms with E-state index in [9.17, 15) is 4.79 Å². The van der Waals surface area contributed by atoms with Gasteiger partial charge in [0, 0.05) is 23.8 Å². The van der Waals surface area contributed by atoms with Crippen molar-refractivity contribution < 1.29 is 4.79 Å². The van der Waals surface area contributed by atoms with Crippen molar-refractivity contribution in [2.24, 2.45) is 5.92 Å². The van der Waals surface area contributed by atoms with Crippen LogP contribution < -0.4 is 5.73 Å². The van der Waals surface area contributed by atoms with E-state index in [2.05, 4.69) is 6.92 Å². The highest BCUT2D eigenvalue weighted by Crippen LogP contribution is 2.28. The van der Waals surface area contributed by atoms with Crippen molar-refractivity contribution in [3.05, 3.63) is 28.8 Å². The largest absolute Gasteiger partial charge is 0.398 e. The Morgan fingerprint density at radius 3 is 2.53 bits per heavy atom. The van der Waals surface area contributed by atoms with E-state index < -0.39 is 0 Å². The summed E-state index contributed by atoms with van der Waals surface area (Å²) in [7, 11) is 1.87. The molecule has 2 rings (SSSR count). The first-order valence-electron chi connectivity index (χ1n) is 6.81. The van der Waals surface area contributed by atoms with E-state index in [1.165, 1.54) is 12.8 Å². The fourth-order valence-corrected chi connectivity index (χ4v) is 2.89. The second-order valence-electron chi connectivity index (χ2n) is 5.56. The molecule has 3 nitrogen and oxygen atoms in total. The first-order valence-corrected chi connectivity index (χ1v) is 7.19. The molecule has 19 heavy (non-hydrogen) atoms. The number of carbonyl (C=O) groups is 1. The smallest absolute Gasteiger partial charge is 0.255 e. The number of benzene rings is 1. The Morgan fingerprint density at radius 1 is 1.32 bits per heavy atom. The van der Waals surface area contributed by atoms with Gasteiger partial charge in [0.05, 0.1) is 5.56 Å². The van der Waals surface area contributed by atoms with Crippen LogP contribution in [-0.2, 0) is 0 Å².